The third kappa shape index (κ3) is 4.87. The Morgan fingerprint density at radius 3 is 2.53 bits per heavy atom. The van der Waals surface area contributed by atoms with Gasteiger partial charge in [-0.2, -0.15) is 0 Å². The minimum atomic E-state index is 0.129. The predicted octanol–water partition coefficient (Wildman–Crippen LogP) is 2.09. The molecule has 4 heteroatoms. The summed E-state index contributed by atoms with van der Waals surface area (Å²) in [6.07, 6.45) is 0.629. The van der Waals surface area contributed by atoms with Crippen LogP contribution in [-0.4, -0.2) is 29.2 Å². The van der Waals surface area contributed by atoms with Gasteiger partial charge in [0.1, 0.15) is 5.75 Å². The highest BCUT2D eigenvalue weighted by molar-refractivity contribution is 5.83. The van der Waals surface area contributed by atoms with E-state index in [-0.39, 0.29) is 12.5 Å². The Hall–Kier alpha value is -1.55. The summed E-state index contributed by atoms with van der Waals surface area (Å²) in [6.45, 7) is 4.33. The molecule has 2 N–H and O–H groups in total. The molecule has 0 saturated carbocycles. The molecule has 94 valence electrons. The van der Waals surface area contributed by atoms with Gasteiger partial charge in [0.05, 0.1) is 12.3 Å². The predicted molar refractivity (Wildman–Crippen MR) is 66.8 cm³/mol. The van der Waals surface area contributed by atoms with E-state index in [0.717, 1.165) is 11.3 Å². The second-order valence-corrected chi connectivity index (χ2v) is 4.25. The first-order chi connectivity index (χ1) is 8.15. The summed E-state index contributed by atoms with van der Waals surface area (Å²) in [5, 5.41) is 20.6. The summed E-state index contributed by atoms with van der Waals surface area (Å²) in [6, 6.07) is 7.63. The van der Waals surface area contributed by atoms with Gasteiger partial charge in [0.25, 0.3) is 0 Å². The fraction of sp³-hybridized carbons (Fsp3) is 0.462. The van der Waals surface area contributed by atoms with Gasteiger partial charge in [-0.25, -0.2) is 0 Å². The monoisotopic (exact) mass is 237 g/mol. The molecule has 0 aliphatic heterocycles. The Balaban J connectivity index is 2.50. The lowest BCUT2D eigenvalue weighted by Gasteiger charge is -2.10. The minimum Gasteiger partial charge on any atom is -0.493 e. The molecule has 0 aliphatic rings. The molecule has 4 nitrogen and oxygen atoms in total. The third-order valence-electron chi connectivity index (χ3n) is 2.40. The third-order valence-corrected chi connectivity index (χ3v) is 2.40. The van der Waals surface area contributed by atoms with Crippen LogP contribution in [0.1, 0.15) is 19.4 Å². The van der Waals surface area contributed by atoms with Crippen LogP contribution in [0, 0.1) is 5.92 Å². The molecule has 1 atom stereocenters. The highest BCUT2D eigenvalue weighted by Gasteiger charge is 2.02. The molecule has 1 unspecified atom stereocenters. The Morgan fingerprint density at radius 2 is 2.00 bits per heavy atom. The summed E-state index contributed by atoms with van der Waals surface area (Å²) >= 11 is 0. The van der Waals surface area contributed by atoms with Gasteiger partial charge in [0.15, 0.2) is 0 Å². The van der Waals surface area contributed by atoms with Crippen LogP contribution >= 0.6 is 0 Å². The number of hydrogen-bond donors (Lipinski definition) is 2. The number of benzene rings is 1. The molecule has 17 heavy (non-hydrogen) atoms. The van der Waals surface area contributed by atoms with E-state index in [1.165, 1.54) is 0 Å². The quantitative estimate of drug-likeness (QED) is 0.452. The topological polar surface area (TPSA) is 62.0 Å². The summed E-state index contributed by atoms with van der Waals surface area (Å²) in [5.41, 5.74) is 1.75. The lowest BCUT2D eigenvalue weighted by molar-refractivity contribution is 0.174. The molecule has 0 fully saturated rings. The van der Waals surface area contributed by atoms with Crippen LogP contribution in [0.4, 0.5) is 0 Å². The van der Waals surface area contributed by atoms with Crippen molar-refractivity contribution in [3.63, 3.8) is 0 Å². The van der Waals surface area contributed by atoms with E-state index in [9.17, 15) is 0 Å². The van der Waals surface area contributed by atoms with Gasteiger partial charge in [-0.1, -0.05) is 24.2 Å². The van der Waals surface area contributed by atoms with E-state index in [4.69, 9.17) is 15.1 Å². The van der Waals surface area contributed by atoms with E-state index in [1.807, 2.05) is 31.2 Å². The summed E-state index contributed by atoms with van der Waals surface area (Å²) in [7, 11) is 0. The largest absolute Gasteiger partial charge is 0.493 e. The molecule has 0 heterocycles. The van der Waals surface area contributed by atoms with Gasteiger partial charge in [-0.05, 0) is 24.6 Å². The smallest absolute Gasteiger partial charge is 0.119 e. The zero-order chi connectivity index (χ0) is 12.7. The molecule has 0 amide bonds. The summed E-state index contributed by atoms with van der Waals surface area (Å²) < 4.78 is 5.51. The molecule has 1 rings (SSSR count). The van der Waals surface area contributed by atoms with Gasteiger partial charge < -0.3 is 15.1 Å². The van der Waals surface area contributed by atoms with Crippen molar-refractivity contribution in [1.29, 1.82) is 0 Å². The van der Waals surface area contributed by atoms with Crippen molar-refractivity contribution in [3.8, 4) is 5.75 Å². The molecule has 0 aliphatic carbocycles. The van der Waals surface area contributed by atoms with Crippen molar-refractivity contribution < 1.29 is 15.1 Å². The lowest BCUT2D eigenvalue weighted by atomic mass is 10.1. The number of oxime groups is 1. The molecule has 1 aromatic rings. The molecule has 0 bridgehead atoms. The molecule has 0 radical (unpaired) electrons. The summed E-state index contributed by atoms with van der Waals surface area (Å²) in [4.78, 5) is 0. The van der Waals surface area contributed by atoms with E-state index in [1.54, 1.807) is 6.92 Å². The van der Waals surface area contributed by atoms with Crippen LogP contribution in [0.25, 0.3) is 0 Å². The zero-order valence-electron chi connectivity index (χ0n) is 10.3. The van der Waals surface area contributed by atoms with Gasteiger partial charge >= 0.3 is 0 Å². The van der Waals surface area contributed by atoms with Crippen LogP contribution < -0.4 is 4.74 Å². The Morgan fingerprint density at radius 1 is 1.35 bits per heavy atom. The van der Waals surface area contributed by atoms with Gasteiger partial charge in [-0.3, -0.25) is 0 Å². The lowest BCUT2D eigenvalue weighted by Crippen LogP contribution is -2.12. The van der Waals surface area contributed by atoms with Crippen LogP contribution in [0.15, 0.2) is 29.4 Å². The standard InChI is InChI=1S/C13H19NO3/c1-10(8-15)9-17-13-5-3-12(4-6-13)7-11(2)14-16/h3-6,10,15-16H,7-9H2,1-2H3/b14-11+. The summed E-state index contributed by atoms with van der Waals surface area (Å²) in [5.74, 6) is 0.922. The maximum Gasteiger partial charge on any atom is 0.119 e. The normalized spacial score (nSPS) is 13.5. The van der Waals surface area contributed by atoms with E-state index >= 15 is 0 Å². The second kappa shape index (κ2) is 6.91. The Bertz CT molecular complexity index is 359. The maximum atomic E-state index is 8.87. The number of ether oxygens (including phenoxy) is 1. The Kier molecular flexibility index (Phi) is 5.49. The number of rotatable bonds is 6. The van der Waals surface area contributed by atoms with Gasteiger partial charge in [0, 0.05) is 18.9 Å². The number of aliphatic hydroxyl groups is 1. The highest BCUT2D eigenvalue weighted by Crippen LogP contribution is 2.13. The van der Waals surface area contributed by atoms with Gasteiger partial charge in [0.2, 0.25) is 0 Å². The van der Waals surface area contributed by atoms with Crippen molar-refractivity contribution in [2.45, 2.75) is 20.3 Å². The molecule has 0 saturated heterocycles. The number of aliphatic hydroxyl groups excluding tert-OH is 1. The van der Waals surface area contributed by atoms with Crippen molar-refractivity contribution in [2.24, 2.45) is 11.1 Å². The minimum absolute atomic E-state index is 0.129. The highest BCUT2D eigenvalue weighted by atomic mass is 16.5. The molecule has 1 aromatic carbocycles. The fourth-order valence-corrected chi connectivity index (χ4v) is 1.33. The first-order valence-electron chi connectivity index (χ1n) is 5.65. The zero-order valence-corrected chi connectivity index (χ0v) is 10.3. The van der Waals surface area contributed by atoms with Crippen LogP contribution in [0.5, 0.6) is 5.75 Å². The average Bonchev–Trinajstić information content (AvgIpc) is 2.37. The maximum absolute atomic E-state index is 8.87. The molecular weight excluding hydrogens is 218 g/mol. The van der Waals surface area contributed by atoms with E-state index in [2.05, 4.69) is 5.16 Å². The van der Waals surface area contributed by atoms with Crippen LogP contribution in [0.2, 0.25) is 0 Å². The fourth-order valence-electron chi connectivity index (χ4n) is 1.33. The second-order valence-electron chi connectivity index (χ2n) is 4.25. The molecule has 0 aromatic heterocycles. The molecular formula is C13H19NO3. The first-order valence-corrected chi connectivity index (χ1v) is 5.65. The van der Waals surface area contributed by atoms with Gasteiger partial charge in [-0.15, -0.1) is 0 Å². The van der Waals surface area contributed by atoms with Crippen molar-refractivity contribution >= 4 is 5.71 Å². The SMILES string of the molecule is C/C(Cc1ccc(OCC(C)CO)cc1)=N\O. The van der Waals surface area contributed by atoms with E-state index < -0.39 is 0 Å². The molecule has 0 spiro atoms. The first kappa shape index (κ1) is 13.5. The van der Waals surface area contributed by atoms with Crippen molar-refractivity contribution in [2.75, 3.05) is 13.2 Å². The number of hydrogen-bond acceptors (Lipinski definition) is 4. The van der Waals surface area contributed by atoms with Crippen molar-refractivity contribution in [3.05, 3.63) is 29.8 Å². The average molecular weight is 237 g/mol. The van der Waals surface area contributed by atoms with Crippen molar-refractivity contribution in [1.82, 2.24) is 0 Å². The Labute approximate surface area is 102 Å². The van der Waals surface area contributed by atoms with Crippen LogP contribution in [0.3, 0.4) is 0 Å². The van der Waals surface area contributed by atoms with Crippen LogP contribution in [-0.2, 0) is 6.42 Å². The van der Waals surface area contributed by atoms with E-state index in [0.29, 0.717) is 18.7 Å². The number of nitrogens with zero attached hydrogens (tertiary/aromatic N) is 1.